The van der Waals surface area contributed by atoms with Gasteiger partial charge >= 0.3 is 6.09 Å². The molecule has 0 spiro atoms. The van der Waals surface area contributed by atoms with Crippen LogP contribution in [0.3, 0.4) is 0 Å². The minimum absolute atomic E-state index is 0.212. The Bertz CT molecular complexity index is 366. The molecule has 134 valence electrons. The van der Waals surface area contributed by atoms with E-state index in [-0.39, 0.29) is 6.09 Å². The largest absolute Gasteiger partial charge is 0.450 e. The van der Waals surface area contributed by atoms with Crippen LogP contribution in [-0.2, 0) is 9.47 Å². The first-order valence-corrected chi connectivity index (χ1v) is 8.53. The molecule has 0 atom stereocenters. The standard InChI is InChI=1S/C16H32N4O3/c1-5-23-16(21)20-9-6-14(7-10-20)19-15(17-4)18-8-11-22-12-13(2)3/h13-14H,5-12H2,1-4H3,(H2,17,18,19). The van der Waals surface area contributed by atoms with Crippen LogP contribution in [0.15, 0.2) is 4.99 Å². The van der Waals surface area contributed by atoms with Crippen LogP contribution in [0.2, 0.25) is 0 Å². The number of ether oxygens (including phenoxy) is 2. The van der Waals surface area contributed by atoms with Crippen LogP contribution in [0.4, 0.5) is 4.79 Å². The number of guanidine groups is 1. The molecule has 0 aromatic carbocycles. The molecule has 0 bridgehead atoms. The number of rotatable bonds is 7. The fourth-order valence-electron chi connectivity index (χ4n) is 2.37. The Hall–Kier alpha value is -1.50. The lowest BCUT2D eigenvalue weighted by molar-refractivity contribution is 0.0962. The van der Waals surface area contributed by atoms with Crippen molar-refractivity contribution in [2.45, 2.75) is 39.7 Å². The summed E-state index contributed by atoms with van der Waals surface area (Å²) in [5.41, 5.74) is 0. The lowest BCUT2D eigenvalue weighted by atomic mass is 10.1. The summed E-state index contributed by atoms with van der Waals surface area (Å²) < 4.78 is 10.6. The zero-order valence-corrected chi connectivity index (χ0v) is 14.9. The van der Waals surface area contributed by atoms with Crippen molar-refractivity contribution in [1.82, 2.24) is 15.5 Å². The molecular weight excluding hydrogens is 296 g/mol. The van der Waals surface area contributed by atoms with E-state index in [0.29, 0.717) is 38.3 Å². The number of nitrogens with one attached hydrogen (secondary N) is 2. The van der Waals surface area contributed by atoms with Gasteiger partial charge in [0.25, 0.3) is 0 Å². The van der Waals surface area contributed by atoms with Crippen LogP contribution in [0.5, 0.6) is 0 Å². The summed E-state index contributed by atoms with van der Waals surface area (Å²) in [5, 5.41) is 6.65. The summed E-state index contributed by atoms with van der Waals surface area (Å²) in [7, 11) is 1.76. The number of hydrogen-bond donors (Lipinski definition) is 2. The molecule has 1 aliphatic rings. The number of nitrogens with zero attached hydrogens (tertiary/aromatic N) is 2. The molecule has 1 aliphatic heterocycles. The van der Waals surface area contributed by atoms with Gasteiger partial charge < -0.3 is 25.0 Å². The molecule has 0 unspecified atom stereocenters. The van der Waals surface area contributed by atoms with Crippen LogP contribution in [0.25, 0.3) is 0 Å². The second kappa shape index (κ2) is 11.1. The predicted octanol–water partition coefficient (Wildman–Crippen LogP) is 1.44. The van der Waals surface area contributed by atoms with E-state index in [4.69, 9.17) is 9.47 Å². The van der Waals surface area contributed by atoms with Gasteiger partial charge in [0.05, 0.1) is 13.2 Å². The van der Waals surface area contributed by atoms with Gasteiger partial charge in [0.1, 0.15) is 0 Å². The fraction of sp³-hybridized carbons (Fsp3) is 0.875. The molecule has 2 N–H and O–H groups in total. The van der Waals surface area contributed by atoms with Crippen molar-refractivity contribution < 1.29 is 14.3 Å². The van der Waals surface area contributed by atoms with Crippen LogP contribution in [0.1, 0.15) is 33.6 Å². The number of carbonyl (C=O) groups excluding carboxylic acids is 1. The third kappa shape index (κ3) is 8.06. The smallest absolute Gasteiger partial charge is 0.409 e. The van der Waals surface area contributed by atoms with Gasteiger partial charge in [0, 0.05) is 39.3 Å². The molecule has 0 aromatic heterocycles. The first-order valence-electron chi connectivity index (χ1n) is 8.53. The maximum absolute atomic E-state index is 11.7. The number of amides is 1. The van der Waals surface area contributed by atoms with Gasteiger partial charge in [-0.25, -0.2) is 4.79 Å². The maximum atomic E-state index is 11.7. The first-order chi connectivity index (χ1) is 11.1. The lowest BCUT2D eigenvalue weighted by Gasteiger charge is -2.32. The molecule has 1 heterocycles. The second-order valence-electron chi connectivity index (χ2n) is 6.07. The van der Waals surface area contributed by atoms with Gasteiger partial charge in [-0.2, -0.15) is 0 Å². The molecule has 0 aliphatic carbocycles. The highest BCUT2D eigenvalue weighted by molar-refractivity contribution is 5.80. The number of hydrogen-bond acceptors (Lipinski definition) is 4. The predicted molar refractivity (Wildman–Crippen MR) is 91.8 cm³/mol. The van der Waals surface area contributed by atoms with Gasteiger partial charge in [0.15, 0.2) is 5.96 Å². The summed E-state index contributed by atoms with van der Waals surface area (Å²) in [6, 6.07) is 0.323. The van der Waals surface area contributed by atoms with E-state index in [1.807, 2.05) is 6.92 Å². The van der Waals surface area contributed by atoms with Crippen molar-refractivity contribution in [3.63, 3.8) is 0 Å². The molecule has 0 aromatic rings. The van der Waals surface area contributed by atoms with Crippen molar-refractivity contribution in [2.75, 3.05) is 46.5 Å². The van der Waals surface area contributed by atoms with Gasteiger partial charge in [-0.05, 0) is 25.7 Å². The van der Waals surface area contributed by atoms with E-state index in [2.05, 4.69) is 29.5 Å². The Labute approximate surface area is 139 Å². The Morgan fingerprint density at radius 3 is 2.61 bits per heavy atom. The van der Waals surface area contributed by atoms with E-state index in [9.17, 15) is 4.79 Å². The van der Waals surface area contributed by atoms with Crippen molar-refractivity contribution in [1.29, 1.82) is 0 Å². The van der Waals surface area contributed by atoms with Crippen LogP contribution in [0, 0.1) is 5.92 Å². The molecule has 7 nitrogen and oxygen atoms in total. The van der Waals surface area contributed by atoms with Crippen molar-refractivity contribution in [3.8, 4) is 0 Å². The molecule has 7 heteroatoms. The van der Waals surface area contributed by atoms with E-state index in [1.165, 1.54) is 0 Å². The Morgan fingerprint density at radius 1 is 1.35 bits per heavy atom. The fourth-order valence-corrected chi connectivity index (χ4v) is 2.37. The van der Waals surface area contributed by atoms with E-state index < -0.39 is 0 Å². The van der Waals surface area contributed by atoms with E-state index >= 15 is 0 Å². The number of likely N-dealkylation sites (tertiary alicyclic amines) is 1. The molecule has 23 heavy (non-hydrogen) atoms. The van der Waals surface area contributed by atoms with Crippen LogP contribution in [-0.4, -0.2) is 69.5 Å². The zero-order chi connectivity index (χ0) is 17.1. The van der Waals surface area contributed by atoms with Gasteiger partial charge in [-0.15, -0.1) is 0 Å². The summed E-state index contributed by atoms with van der Waals surface area (Å²) in [6.45, 7) is 10.1. The third-order valence-electron chi connectivity index (χ3n) is 3.58. The van der Waals surface area contributed by atoms with E-state index in [1.54, 1.807) is 11.9 Å². The van der Waals surface area contributed by atoms with Gasteiger partial charge in [0.2, 0.25) is 0 Å². The molecule has 0 saturated carbocycles. The average Bonchev–Trinajstić information content (AvgIpc) is 2.54. The number of aliphatic imine (C=N–C) groups is 1. The minimum Gasteiger partial charge on any atom is -0.450 e. The highest BCUT2D eigenvalue weighted by atomic mass is 16.6. The Balaban J connectivity index is 2.21. The van der Waals surface area contributed by atoms with Crippen molar-refractivity contribution >= 4 is 12.1 Å². The molecule has 1 saturated heterocycles. The quantitative estimate of drug-likeness (QED) is 0.420. The lowest BCUT2D eigenvalue weighted by Crippen LogP contribution is -2.50. The number of carbonyl (C=O) groups is 1. The zero-order valence-electron chi connectivity index (χ0n) is 14.9. The van der Waals surface area contributed by atoms with Crippen molar-refractivity contribution in [3.05, 3.63) is 0 Å². The van der Waals surface area contributed by atoms with Crippen LogP contribution < -0.4 is 10.6 Å². The highest BCUT2D eigenvalue weighted by Crippen LogP contribution is 2.11. The van der Waals surface area contributed by atoms with Crippen molar-refractivity contribution in [2.24, 2.45) is 10.9 Å². The summed E-state index contributed by atoms with van der Waals surface area (Å²) in [6.07, 6.45) is 1.57. The van der Waals surface area contributed by atoms with Gasteiger partial charge in [-0.1, -0.05) is 13.8 Å². The Kier molecular flexibility index (Phi) is 9.43. The SMILES string of the molecule is CCOC(=O)N1CCC(NC(=NC)NCCOCC(C)C)CC1. The molecule has 1 amide bonds. The van der Waals surface area contributed by atoms with Crippen LogP contribution >= 0.6 is 0 Å². The summed E-state index contributed by atoms with van der Waals surface area (Å²) >= 11 is 0. The summed E-state index contributed by atoms with van der Waals surface area (Å²) in [5.74, 6) is 1.34. The monoisotopic (exact) mass is 328 g/mol. The third-order valence-corrected chi connectivity index (χ3v) is 3.58. The van der Waals surface area contributed by atoms with Gasteiger partial charge in [-0.3, -0.25) is 4.99 Å². The summed E-state index contributed by atoms with van der Waals surface area (Å²) in [4.78, 5) is 17.7. The molecular formula is C16H32N4O3. The first kappa shape index (κ1) is 19.5. The maximum Gasteiger partial charge on any atom is 0.409 e. The average molecular weight is 328 g/mol. The highest BCUT2D eigenvalue weighted by Gasteiger charge is 2.23. The number of piperidine rings is 1. The second-order valence-corrected chi connectivity index (χ2v) is 6.07. The Morgan fingerprint density at radius 2 is 2.04 bits per heavy atom. The topological polar surface area (TPSA) is 75.2 Å². The molecule has 1 rings (SSSR count). The normalized spacial score (nSPS) is 16.6. The van der Waals surface area contributed by atoms with E-state index in [0.717, 1.165) is 32.0 Å². The molecule has 1 fully saturated rings. The molecule has 0 radical (unpaired) electrons. The minimum atomic E-state index is -0.212.